The monoisotopic (exact) mass is 673 g/mol. The Morgan fingerprint density at radius 2 is 1.92 bits per heavy atom. The lowest BCUT2D eigenvalue weighted by Gasteiger charge is -2.40. The molecule has 1 aromatic heterocycles. The van der Waals surface area contributed by atoms with Crippen molar-refractivity contribution in [3.8, 4) is 17.9 Å². The molecular formula is C38H39N7O5. The highest BCUT2D eigenvalue weighted by Crippen LogP contribution is 2.43. The maximum atomic E-state index is 13.6. The number of amides is 3. The van der Waals surface area contributed by atoms with E-state index in [0.717, 1.165) is 30.5 Å². The second-order valence-corrected chi connectivity index (χ2v) is 13.3. The van der Waals surface area contributed by atoms with Crippen LogP contribution in [0.2, 0.25) is 0 Å². The molecule has 2 saturated carbocycles. The van der Waals surface area contributed by atoms with Crippen LogP contribution in [-0.2, 0) is 19.9 Å². The topological polar surface area (TPSA) is 157 Å². The Morgan fingerprint density at radius 1 is 1.14 bits per heavy atom. The summed E-state index contributed by atoms with van der Waals surface area (Å²) in [5, 5.41) is 19.6. The minimum absolute atomic E-state index is 0.0601. The van der Waals surface area contributed by atoms with E-state index in [0.29, 0.717) is 61.2 Å². The molecule has 6 rings (SSSR count). The minimum atomic E-state index is -0.856. The van der Waals surface area contributed by atoms with E-state index in [2.05, 4.69) is 38.5 Å². The van der Waals surface area contributed by atoms with Gasteiger partial charge in [-0.15, -0.1) is 0 Å². The third-order valence-corrected chi connectivity index (χ3v) is 10.0. The molecule has 0 radical (unpaired) electrons. The number of nitriles is 1. The first kappa shape index (κ1) is 34.1. The van der Waals surface area contributed by atoms with Crippen LogP contribution in [0.4, 0.5) is 11.4 Å². The summed E-state index contributed by atoms with van der Waals surface area (Å²) in [4.78, 5) is 65.6. The maximum absolute atomic E-state index is 13.6. The lowest BCUT2D eigenvalue weighted by atomic mass is 9.76. The van der Waals surface area contributed by atoms with E-state index in [1.54, 1.807) is 41.2 Å². The average molecular weight is 674 g/mol. The fourth-order valence-corrected chi connectivity index (χ4v) is 6.63. The van der Waals surface area contributed by atoms with E-state index in [4.69, 9.17) is 0 Å². The maximum Gasteiger partial charge on any atom is 0.255 e. The molecule has 2 aromatic carbocycles. The molecule has 3 aromatic rings. The molecule has 0 spiro atoms. The van der Waals surface area contributed by atoms with Crippen LogP contribution >= 0.6 is 0 Å². The molecule has 2 N–H and O–H groups in total. The predicted molar refractivity (Wildman–Crippen MR) is 185 cm³/mol. The van der Waals surface area contributed by atoms with Gasteiger partial charge in [0.2, 0.25) is 5.91 Å². The van der Waals surface area contributed by atoms with Crippen molar-refractivity contribution in [1.29, 1.82) is 5.26 Å². The molecule has 2 aliphatic carbocycles. The summed E-state index contributed by atoms with van der Waals surface area (Å²) in [6, 6.07) is 11.9. The van der Waals surface area contributed by atoms with Crippen molar-refractivity contribution >= 4 is 41.7 Å². The van der Waals surface area contributed by atoms with Crippen molar-refractivity contribution in [2.75, 3.05) is 37.4 Å². The molecule has 0 bridgehead atoms. The van der Waals surface area contributed by atoms with Gasteiger partial charge >= 0.3 is 0 Å². The number of hydrogen-bond acceptors (Lipinski definition) is 8. The van der Waals surface area contributed by atoms with Gasteiger partial charge in [0.05, 0.1) is 34.9 Å². The Balaban J connectivity index is 1.10. The standard InChI is InChI=1S/C38H39N7O5/c1-40-35(48)34(5-3-16-46)43(2)36(49)33-18-31(13-11-29(33)24-47)44-21-26(22-44)7-6-25-20-41-45(23-25)38(14-4-15-38)37(50)42-30-12-10-28(19-39)32(17-30)27-8-9-27/h10-13,16-18,20,23-24,26-27,34H,3-5,8-9,14-15,21-22H2,1-2H3,(H,40,48)(H,42,50). The first-order chi connectivity index (χ1) is 24.2. The van der Waals surface area contributed by atoms with Gasteiger partial charge in [-0.2, -0.15) is 10.4 Å². The number of likely N-dealkylation sites (N-methyl/N-ethyl adjacent to an activating group) is 2. The zero-order valence-electron chi connectivity index (χ0n) is 28.1. The van der Waals surface area contributed by atoms with Gasteiger partial charge in [0.1, 0.15) is 17.9 Å². The number of nitrogens with one attached hydrogen (secondary N) is 2. The SMILES string of the molecule is CNC(=O)C(CCC=O)N(C)C(=O)c1cc(N2CC(C#Cc3cnn(C4(C(=O)Nc5ccc(C#N)c(C6CC6)c5)CCC4)c3)C2)ccc1C=O. The number of carbonyl (C=O) groups is 5. The van der Waals surface area contributed by atoms with Gasteiger partial charge in [0.15, 0.2) is 6.29 Å². The Labute approximate surface area is 290 Å². The van der Waals surface area contributed by atoms with Crippen molar-refractivity contribution < 1.29 is 24.0 Å². The van der Waals surface area contributed by atoms with E-state index >= 15 is 0 Å². The summed E-state index contributed by atoms with van der Waals surface area (Å²) < 4.78 is 1.73. The molecule has 1 unspecified atom stereocenters. The summed E-state index contributed by atoms with van der Waals surface area (Å²) in [6.45, 7) is 1.23. The minimum Gasteiger partial charge on any atom is -0.369 e. The van der Waals surface area contributed by atoms with Gasteiger partial charge in [-0.05, 0) is 86.4 Å². The largest absolute Gasteiger partial charge is 0.369 e. The van der Waals surface area contributed by atoms with Gasteiger partial charge in [-0.3, -0.25) is 23.9 Å². The van der Waals surface area contributed by atoms with Crippen molar-refractivity contribution in [2.45, 2.75) is 62.4 Å². The number of nitrogens with zero attached hydrogens (tertiary/aromatic N) is 5. The fourth-order valence-electron chi connectivity index (χ4n) is 6.63. The van der Waals surface area contributed by atoms with Crippen LogP contribution in [0.5, 0.6) is 0 Å². The number of rotatable bonds is 12. The van der Waals surface area contributed by atoms with Crippen LogP contribution < -0.4 is 15.5 Å². The molecular weight excluding hydrogens is 634 g/mol. The molecule has 2 heterocycles. The van der Waals surface area contributed by atoms with Crippen LogP contribution in [0, 0.1) is 29.1 Å². The van der Waals surface area contributed by atoms with E-state index in [1.807, 2.05) is 12.3 Å². The number of anilines is 2. The quantitative estimate of drug-likeness (QED) is 0.218. The predicted octanol–water partition coefficient (Wildman–Crippen LogP) is 3.62. The van der Waals surface area contributed by atoms with Gasteiger partial charge in [0.25, 0.3) is 11.8 Å². The average Bonchev–Trinajstić information content (AvgIpc) is 3.84. The fraction of sp³-hybridized carbons (Fsp3) is 0.395. The summed E-state index contributed by atoms with van der Waals surface area (Å²) in [6.07, 6.45) is 9.49. The Bertz CT molecular complexity index is 1940. The molecule has 1 atom stereocenters. The molecule has 3 amide bonds. The Kier molecular flexibility index (Phi) is 9.82. The first-order valence-corrected chi connectivity index (χ1v) is 16.9. The van der Waals surface area contributed by atoms with Crippen molar-refractivity contribution in [3.05, 3.63) is 76.6 Å². The highest BCUT2D eigenvalue weighted by atomic mass is 16.2. The highest BCUT2D eigenvalue weighted by molar-refractivity contribution is 6.04. The number of aromatic nitrogens is 2. The second-order valence-electron chi connectivity index (χ2n) is 13.3. The molecule has 3 aliphatic rings. The van der Waals surface area contributed by atoms with E-state index in [9.17, 15) is 29.2 Å². The van der Waals surface area contributed by atoms with Gasteiger partial charge in [0, 0.05) is 56.7 Å². The first-order valence-electron chi connectivity index (χ1n) is 16.9. The summed E-state index contributed by atoms with van der Waals surface area (Å²) in [5.41, 5.74) is 3.42. The number of hydrogen-bond donors (Lipinski definition) is 2. The van der Waals surface area contributed by atoms with Crippen LogP contribution in [0.3, 0.4) is 0 Å². The lowest BCUT2D eigenvalue weighted by molar-refractivity contribution is -0.129. The van der Waals surface area contributed by atoms with Gasteiger partial charge in [-0.25, -0.2) is 0 Å². The van der Waals surface area contributed by atoms with Crippen LogP contribution in [0.25, 0.3) is 0 Å². The van der Waals surface area contributed by atoms with Crippen molar-refractivity contribution in [3.63, 3.8) is 0 Å². The van der Waals surface area contributed by atoms with E-state index < -0.39 is 23.4 Å². The number of benzene rings is 2. The summed E-state index contributed by atoms with van der Waals surface area (Å²) in [7, 11) is 2.96. The summed E-state index contributed by atoms with van der Waals surface area (Å²) >= 11 is 0. The lowest BCUT2D eigenvalue weighted by Crippen LogP contribution is -2.51. The molecule has 50 heavy (non-hydrogen) atoms. The molecule has 12 nitrogen and oxygen atoms in total. The molecule has 1 aliphatic heterocycles. The van der Waals surface area contributed by atoms with Gasteiger partial charge < -0.3 is 25.2 Å². The van der Waals surface area contributed by atoms with Crippen LogP contribution in [0.1, 0.15) is 88.3 Å². The third-order valence-electron chi connectivity index (χ3n) is 10.0. The molecule has 1 saturated heterocycles. The number of aldehydes is 2. The third kappa shape index (κ3) is 6.74. The normalized spacial score (nSPS) is 16.7. The second kappa shape index (κ2) is 14.4. The zero-order valence-corrected chi connectivity index (χ0v) is 28.1. The van der Waals surface area contributed by atoms with Crippen molar-refractivity contribution in [2.24, 2.45) is 5.92 Å². The Morgan fingerprint density at radius 3 is 2.56 bits per heavy atom. The van der Waals surface area contributed by atoms with E-state index in [-0.39, 0.29) is 35.8 Å². The Hall–Kier alpha value is -5.75. The highest BCUT2D eigenvalue weighted by Gasteiger charge is 2.47. The summed E-state index contributed by atoms with van der Waals surface area (Å²) in [5.74, 6) is 5.95. The molecule has 12 heteroatoms. The van der Waals surface area contributed by atoms with Crippen molar-refractivity contribution in [1.82, 2.24) is 20.0 Å². The van der Waals surface area contributed by atoms with Gasteiger partial charge in [-0.1, -0.05) is 11.8 Å². The number of carbonyl (C=O) groups excluding carboxylic acids is 5. The van der Waals surface area contributed by atoms with E-state index in [1.165, 1.54) is 19.0 Å². The molecule has 256 valence electrons. The molecule has 3 fully saturated rings. The smallest absolute Gasteiger partial charge is 0.255 e. The van der Waals surface area contributed by atoms with Crippen LogP contribution in [0.15, 0.2) is 48.8 Å². The van der Waals surface area contributed by atoms with Crippen LogP contribution in [-0.4, -0.2) is 78.2 Å². The zero-order chi connectivity index (χ0) is 35.4.